The molecule has 20 heavy (non-hydrogen) atoms. The molecule has 0 aromatic carbocycles. The molecule has 2 heterocycles. The van der Waals surface area contributed by atoms with E-state index in [0.717, 1.165) is 37.2 Å². The van der Waals surface area contributed by atoms with Gasteiger partial charge in [0.2, 0.25) is 0 Å². The summed E-state index contributed by atoms with van der Waals surface area (Å²) in [4.78, 5) is 19.1. The highest BCUT2D eigenvalue weighted by Gasteiger charge is 2.16. The van der Waals surface area contributed by atoms with E-state index in [9.17, 15) is 4.79 Å². The van der Waals surface area contributed by atoms with Crippen LogP contribution in [-0.2, 0) is 12.8 Å². The SMILES string of the molecule is CCCc1[nH]nc(C(=O)NCCCc2ncc[nH]2)c1N. The zero-order chi connectivity index (χ0) is 14.4. The van der Waals surface area contributed by atoms with Gasteiger partial charge in [-0.05, 0) is 12.8 Å². The molecule has 108 valence electrons. The number of aryl methyl sites for hydroxylation is 2. The van der Waals surface area contributed by atoms with Crippen molar-refractivity contribution < 1.29 is 4.79 Å². The lowest BCUT2D eigenvalue weighted by molar-refractivity contribution is 0.0949. The first-order chi connectivity index (χ1) is 9.72. The topological polar surface area (TPSA) is 112 Å². The van der Waals surface area contributed by atoms with Crippen LogP contribution in [0.1, 0.15) is 41.8 Å². The molecule has 0 bridgehead atoms. The van der Waals surface area contributed by atoms with Crippen LogP contribution in [-0.4, -0.2) is 32.6 Å². The molecule has 7 heteroatoms. The van der Waals surface area contributed by atoms with E-state index in [4.69, 9.17) is 5.73 Å². The van der Waals surface area contributed by atoms with Crippen molar-refractivity contribution in [1.29, 1.82) is 0 Å². The summed E-state index contributed by atoms with van der Waals surface area (Å²) in [6.45, 7) is 2.61. The Morgan fingerprint density at radius 2 is 2.30 bits per heavy atom. The Labute approximate surface area is 117 Å². The van der Waals surface area contributed by atoms with Crippen molar-refractivity contribution in [3.05, 3.63) is 29.6 Å². The molecule has 0 aliphatic rings. The Balaban J connectivity index is 1.79. The Hall–Kier alpha value is -2.31. The molecule has 0 aliphatic carbocycles. The first-order valence-corrected chi connectivity index (χ1v) is 6.81. The van der Waals surface area contributed by atoms with Crippen LogP contribution in [0.5, 0.6) is 0 Å². The molecule has 7 nitrogen and oxygen atoms in total. The quantitative estimate of drug-likeness (QED) is 0.566. The van der Waals surface area contributed by atoms with Gasteiger partial charge in [0, 0.05) is 25.4 Å². The number of imidazole rings is 1. The molecule has 0 spiro atoms. The number of nitrogens with one attached hydrogen (secondary N) is 3. The Kier molecular flexibility index (Phi) is 4.75. The van der Waals surface area contributed by atoms with Crippen LogP contribution in [0.25, 0.3) is 0 Å². The number of hydrogen-bond acceptors (Lipinski definition) is 4. The Morgan fingerprint density at radius 1 is 1.45 bits per heavy atom. The van der Waals surface area contributed by atoms with Gasteiger partial charge in [-0.1, -0.05) is 13.3 Å². The van der Waals surface area contributed by atoms with Gasteiger partial charge in [-0.3, -0.25) is 9.89 Å². The highest BCUT2D eigenvalue weighted by atomic mass is 16.1. The number of nitrogens with zero attached hydrogens (tertiary/aromatic N) is 2. The van der Waals surface area contributed by atoms with Crippen LogP contribution in [0.15, 0.2) is 12.4 Å². The molecule has 5 N–H and O–H groups in total. The number of H-pyrrole nitrogens is 2. The molecule has 1 amide bonds. The van der Waals surface area contributed by atoms with Gasteiger partial charge in [-0.25, -0.2) is 4.98 Å². The van der Waals surface area contributed by atoms with Crippen LogP contribution in [0.4, 0.5) is 5.69 Å². The molecule has 0 atom stereocenters. The molecular weight excluding hydrogens is 256 g/mol. The van der Waals surface area contributed by atoms with Gasteiger partial charge in [-0.15, -0.1) is 0 Å². The second-order valence-corrected chi connectivity index (χ2v) is 4.61. The van der Waals surface area contributed by atoms with Crippen molar-refractivity contribution >= 4 is 11.6 Å². The number of amides is 1. The maximum absolute atomic E-state index is 11.9. The summed E-state index contributed by atoms with van der Waals surface area (Å²) in [6.07, 6.45) is 6.86. The summed E-state index contributed by atoms with van der Waals surface area (Å²) in [5.41, 5.74) is 7.47. The van der Waals surface area contributed by atoms with Crippen LogP contribution in [0.3, 0.4) is 0 Å². The Morgan fingerprint density at radius 3 is 3.00 bits per heavy atom. The number of rotatable bonds is 7. The molecule has 0 radical (unpaired) electrons. The van der Waals surface area contributed by atoms with Crippen molar-refractivity contribution in [2.24, 2.45) is 0 Å². The minimum atomic E-state index is -0.236. The Bertz CT molecular complexity index is 545. The normalized spacial score (nSPS) is 10.7. The van der Waals surface area contributed by atoms with Crippen molar-refractivity contribution in [2.45, 2.75) is 32.6 Å². The van der Waals surface area contributed by atoms with Crippen molar-refractivity contribution in [3.8, 4) is 0 Å². The summed E-state index contributed by atoms with van der Waals surface area (Å²) >= 11 is 0. The zero-order valence-corrected chi connectivity index (χ0v) is 11.6. The third-order valence-corrected chi connectivity index (χ3v) is 3.03. The van der Waals surface area contributed by atoms with Gasteiger partial charge >= 0.3 is 0 Å². The highest BCUT2D eigenvalue weighted by Crippen LogP contribution is 2.15. The lowest BCUT2D eigenvalue weighted by atomic mass is 10.2. The molecule has 2 aromatic heterocycles. The molecule has 0 saturated carbocycles. The summed E-state index contributed by atoms with van der Waals surface area (Å²) < 4.78 is 0. The molecule has 2 rings (SSSR count). The average Bonchev–Trinajstić information content (AvgIpc) is 3.06. The van der Waals surface area contributed by atoms with E-state index in [1.807, 2.05) is 0 Å². The van der Waals surface area contributed by atoms with E-state index in [1.54, 1.807) is 12.4 Å². The highest BCUT2D eigenvalue weighted by molar-refractivity contribution is 5.97. The molecule has 0 saturated heterocycles. The second-order valence-electron chi connectivity index (χ2n) is 4.61. The van der Waals surface area contributed by atoms with Gasteiger partial charge in [0.15, 0.2) is 5.69 Å². The van der Waals surface area contributed by atoms with Crippen LogP contribution in [0.2, 0.25) is 0 Å². The van der Waals surface area contributed by atoms with E-state index >= 15 is 0 Å². The predicted molar refractivity (Wildman–Crippen MR) is 76.2 cm³/mol. The van der Waals surface area contributed by atoms with Crippen molar-refractivity contribution in [2.75, 3.05) is 12.3 Å². The second kappa shape index (κ2) is 6.74. The smallest absolute Gasteiger partial charge is 0.273 e. The number of nitrogen functional groups attached to an aromatic ring is 1. The maximum atomic E-state index is 11.9. The summed E-state index contributed by atoms with van der Waals surface area (Å²) in [5, 5.41) is 9.61. The number of hydrogen-bond donors (Lipinski definition) is 4. The molecule has 0 unspecified atom stereocenters. The lowest BCUT2D eigenvalue weighted by Gasteiger charge is -2.03. The van der Waals surface area contributed by atoms with E-state index in [-0.39, 0.29) is 11.6 Å². The minimum absolute atomic E-state index is 0.236. The molecule has 0 aliphatic heterocycles. The third-order valence-electron chi connectivity index (χ3n) is 3.03. The lowest BCUT2D eigenvalue weighted by Crippen LogP contribution is -2.26. The number of nitrogens with two attached hydrogens (primary N) is 1. The predicted octanol–water partition coefficient (Wildman–Crippen LogP) is 1.03. The van der Waals surface area contributed by atoms with Crippen LogP contribution >= 0.6 is 0 Å². The van der Waals surface area contributed by atoms with E-state index in [1.165, 1.54) is 0 Å². The summed E-state index contributed by atoms with van der Waals surface area (Å²) in [7, 11) is 0. The van der Waals surface area contributed by atoms with Gasteiger partial charge < -0.3 is 16.0 Å². The number of carbonyl (C=O) groups excluding carboxylic acids is 1. The van der Waals surface area contributed by atoms with E-state index in [0.29, 0.717) is 12.2 Å². The first kappa shape index (κ1) is 14.1. The molecule has 2 aromatic rings. The molecular formula is C13H20N6O. The number of aromatic amines is 2. The van der Waals surface area contributed by atoms with Crippen LogP contribution < -0.4 is 11.1 Å². The fraction of sp³-hybridized carbons (Fsp3) is 0.462. The number of anilines is 1. The monoisotopic (exact) mass is 276 g/mol. The van der Waals surface area contributed by atoms with Gasteiger partial charge in [0.25, 0.3) is 5.91 Å². The van der Waals surface area contributed by atoms with Crippen molar-refractivity contribution in [1.82, 2.24) is 25.5 Å². The average molecular weight is 276 g/mol. The first-order valence-electron chi connectivity index (χ1n) is 6.81. The van der Waals surface area contributed by atoms with Crippen LogP contribution in [0, 0.1) is 0 Å². The van der Waals surface area contributed by atoms with Gasteiger partial charge in [0.1, 0.15) is 5.82 Å². The summed E-state index contributed by atoms with van der Waals surface area (Å²) in [5.74, 6) is 0.685. The fourth-order valence-electron chi connectivity index (χ4n) is 1.98. The van der Waals surface area contributed by atoms with E-state index in [2.05, 4.69) is 32.4 Å². The molecule has 0 fully saturated rings. The largest absolute Gasteiger partial charge is 0.395 e. The van der Waals surface area contributed by atoms with E-state index < -0.39 is 0 Å². The zero-order valence-electron chi connectivity index (χ0n) is 11.6. The number of aromatic nitrogens is 4. The summed E-state index contributed by atoms with van der Waals surface area (Å²) in [6, 6.07) is 0. The third kappa shape index (κ3) is 3.37. The maximum Gasteiger partial charge on any atom is 0.273 e. The standard InChI is InChI=1S/C13H20N6O/c1-2-4-9-11(14)12(19-18-9)13(20)17-6-3-5-10-15-7-8-16-10/h7-8H,2-6,14H2,1H3,(H,15,16)(H,17,20)(H,18,19). The number of carbonyl (C=O) groups is 1. The fourth-order valence-corrected chi connectivity index (χ4v) is 1.98. The van der Waals surface area contributed by atoms with Gasteiger partial charge in [0.05, 0.1) is 11.4 Å². The van der Waals surface area contributed by atoms with Gasteiger partial charge in [-0.2, -0.15) is 5.10 Å². The minimum Gasteiger partial charge on any atom is -0.395 e. The van der Waals surface area contributed by atoms with Crippen molar-refractivity contribution in [3.63, 3.8) is 0 Å².